The third kappa shape index (κ3) is 5.98. The summed E-state index contributed by atoms with van der Waals surface area (Å²) in [7, 11) is 1.65. The van der Waals surface area contributed by atoms with E-state index in [0.717, 1.165) is 30.1 Å². The number of halogens is 1. The predicted molar refractivity (Wildman–Crippen MR) is 117 cm³/mol. The molecule has 28 heavy (non-hydrogen) atoms. The fourth-order valence-corrected chi connectivity index (χ4v) is 3.77. The second-order valence-electron chi connectivity index (χ2n) is 7.45. The first-order valence-corrected chi connectivity index (χ1v) is 9.86. The summed E-state index contributed by atoms with van der Waals surface area (Å²) in [5, 5.41) is 3.46. The molecule has 152 valence electrons. The van der Waals surface area contributed by atoms with Crippen molar-refractivity contribution in [3.63, 3.8) is 0 Å². The summed E-state index contributed by atoms with van der Waals surface area (Å²) in [5.74, 6) is 1.94. The normalized spacial score (nSPS) is 17.3. The van der Waals surface area contributed by atoms with E-state index in [4.69, 9.17) is 4.74 Å². The van der Waals surface area contributed by atoms with E-state index in [0.29, 0.717) is 24.8 Å². The minimum Gasteiger partial charge on any atom is -0.497 e. The van der Waals surface area contributed by atoms with E-state index in [2.05, 4.69) is 24.4 Å². The van der Waals surface area contributed by atoms with Crippen LogP contribution in [-0.2, 0) is 11.3 Å². The summed E-state index contributed by atoms with van der Waals surface area (Å²) < 4.78 is 5.26. The van der Waals surface area contributed by atoms with E-state index in [1.54, 1.807) is 7.11 Å². The van der Waals surface area contributed by atoms with Crippen molar-refractivity contribution in [1.29, 1.82) is 0 Å². The second kappa shape index (κ2) is 11.1. The molecular weight excluding hydrogens is 372 g/mol. The summed E-state index contributed by atoms with van der Waals surface area (Å²) in [5.41, 5.74) is 2.05. The first-order chi connectivity index (χ1) is 13.2. The van der Waals surface area contributed by atoms with Gasteiger partial charge in [0.2, 0.25) is 5.91 Å². The van der Waals surface area contributed by atoms with E-state index in [-0.39, 0.29) is 18.3 Å². The Hall–Kier alpha value is -2.04. The van der Waals surface area contributed by atoms with Gasteiger partial charge in [-0.15, -0.1) is 12.4 Å². The number of rotatable bonds is 7. The van der Waals surface area contributed by atoms with Crippen molar-refractivity contribution in [3.8, 4) is 5.75 Å². The third-order valence-corrected chi connectivity index (χ3v) is 5.50. The minimum absolute atomic E-state index is 0. The van der Waals surface area contributed by atoms with Gasteiger partial charge < -0.3 is 15.0 Å². The zero-order valence-corrected chi connectivity index (χ0v) is 17.6. The molecular formula is C23H31ClN2O2. The number of hydrogen-bond acceptors (Lipinski definition) is 3. The first-order valence-electron chi connectivity index (χ1n) is 9.86. The molecule has 1 fully saturated rings. The van der Waals surface area contributed by atoms with Crippen molar-refractivity contribution >= 4 is 24.0 Å². The van der Waals surface area contributed by atoms with E-state index >= 15 is 0 Å². The van der Waals surface area contributed by atoms with Gasteiger partial charge in [0.1, 0.15) is 5.75 Å². The molecule has 4 nitrogen and oxygen atoms in total. The van der Waals surface area contributed by atoms with Gasteiger partial charge in [-0.05, 0) is 67.6 Å². The Morgan fingerprint density at radius 1 is 1.18 bits per heavy atom. The van der Waals surface area contributed by atoms with E-state index in [1.165, 1.54) is 12.8 Å². The summed E-state index contributed by atoms with van der Waals surface area (Å²) in [6, 6.07) is 17.9. The number of piperidine rings is 1. The number of amides is 1. The van der Waals surface area contributed by atoms with Crippen molar-refractivity contribution in [2.24, 2.45) is 11.8 Å². The maximum Gasteiger partial charge on any atom is 0.227 e. The predicted octanol–water partition coefficient (Wildman–Crippen LogP) is 4.68. The fourth-order valence-electron chi connectivity index (χ4n) is 3.77. The molecule has 0 aliphatic carbocycles. The van der Waals surface area contributed by atoms with Gasteiger partial charge in [0.25, 0.3) is 0 Å². The number of hydrogen-bond donors (Lipinski definition) is 1. The molecule has 2 aromatic rings. The number of carbonyl (C=O) groups excluding carboxylic acids is 1. The molecule has 1 heterocycles. The monoisotopic (exact) mass is 402 g/mol. The van der Waals surface area contributed by atoms with E-state index in [1.807, 2.05) is 47.4 Å². The maximum absolute atomic E-state index is 13.2. The van der Waals surface area contributed by atoms with Gasteiger partial charge in [0.05, 0.1) is 13.7 Å². The lowest BCUT2D eigenvalue weighted by atomic mass is 9.85. The molecule has 2 aromatic carbocycles. The Kier molecular flexibility index (Phi) is 8.81. The smallest absolute Gasteiger partial charge is 0.227 e. The van der Waals surface area contributed by atoms with Crippen LogP contribution in [-0.4, -0.2) is 26.1 Å². The average Bonchev–Trinajstić information content (AvgIpc) is 2.73. The molecule has 1 aliphatic rings. The lowest BCUT2D eigenvalue weighted by molar-refractivity contribution is -0.120. The molecule has 5 heteroatoms. The van der Waals surface area contributed by atoms with Crippen molar-refractivity contribution < 1.29 is 9.53 Å². The first kappa shape index (κ1) is 22.3. The Labute approximate surface area is 174 Å². The van der Waals surface area contributed by atoms with Gasteiger partial charge in [0, 0.05) is 12.1 Å². The number of nitrogens with one attached hydrogen (secondary N) is 1. The molecule has 0 spiro atoms. The summed E-state index contributed by atoms with van der Waals surface area (Å²) in [6.45, 7) is 4.92. The van der Waals surface area contributed by atoms with Crippen LogP contribution in [0.4, 0.5) is 5.69 Å². The zero-order chi connectivity index (χ0) is 19.1. The number of ether oxygens (including phenoxy) is 1. The van der Waals surface area contributed by atoms with Crippen LogP contribution in [0.2, 0.25) is 0 Å². The Balaban J connectivity index is 0.00000280. The standard InChI is InChI=1S/C23H30N2O2.ClH/c1-18(20-9-6-14-24-16-20)15-23(26)25(17-19-7-4-3-5-8-19)21-10-12-22(27-2)13-11-21;/h3-5,7-8,10-13,18,20,24H,6,9,14-17H2,1-2H3;1H. The minimum atomic E-state index is 0. The number of methoxy groups -OCH3 is 1. The van der Waals surface area contributed by atoms with E-state index in [9.17, 15) is 4.79 Å². The molecule has 0 aromatic heterocycles. The van der Waals surface area contributed by atoms with Crippen LogP contribution in [0.1, 0.15) is 31.7 Å². The fraction of sp³-hybridized carbons (Fsp3) is 0.435. The average molecular weight is 403 g/mol. The topological polar surface area (TPSA) is 41.6 Å². The number of anilines is 1. The Bertz CT molecular complexity index is 715. The second-order valence-corrected chi connectivity index (χ2v) is 7.45. The quantitative estimate of drug-likeness (QED) is 0.731. The summed E-state index contributed by atoms with van der Waals surface area (Å²) >= 11 is 0. The van der Waals surface area contributed by atoms with Crippen LogP contribution in [0.25, 0.3) is 0 Å². The molecule has 1 N–H and O–H groups in total. The van der Waals surface area contributed by atoms with Crippen LogP contribution in [0.3, 0.4) is 0 Å². The van der Waals surface area contributed by atoms with Gasteiger partial charge in [-0.2, -0.15) is 0 Å². The van der Waals surface area contributed by atoms with Crippen LogP contribution in [0.5, 0.6) is 5.75 Å². The lowest BCUT2D eigenvalue weighted by Crippen LogP contribution is -2.37. The summed E-state index contributed by atoms with van der Waals surface area (Å²) in [4.78, 5) is 15.1. The molecule has 0 saturated carbocycles. The molecule has 2 atom stereocenters. The number of carbonyl (C=O) groups is 1. The Morgan fingerprint density at radius 3 is 2.50 bits per heavy atom. The molecule has 2 unspecified atom stereocenters. The van der Waals surface area contributed by atoms with Crippen LogP contribution < -0.4 is 15.0 Å². The molecule has 0 bridgehead atoms. The third-order valence-electron chi connectivity index (χ3n) is 5.50. The highest BCUT2D eigenvalue weighted by Crippen LogP contribution is 2.27. The molecule has 1 aliphatic heterocycles. The largest absolute Gasteiger partial charge is 0.497 e. The van der Waals surface area contributed by atoms with Gasteiger partial charge in [-0.3, -0.25) is 4.79 Å². The molecule has 3 rings (SSSR count). The number of benzene rings is 2. The molecule has 1 amide bonds. The van der Waals surface area contributed by atoms with Crippen LogP contribution in [0, 0.1) is 11.8 Å². The molecule has 1 saturated heterocycles. The lowest BCUT2D eigenvalue weighted by Gasteiger charge is -2.30. The highest BCUT2D eigenvalue weighted by atomic mass is 35.5. The van der Waals surface area contributed by atoms with Crippen LogP contribution >= 0.6 is 12.4 Å². The van der Waals surface area contributed by atoms with Gasteiger partial charge in [-0.25, -0.2) is 0 Å². The van der Waals surface area contributed by atoms with Crippen molar-refractivity contribution in [2.75, 3.05) is 25.1 Å². The van der Waals surface area contributed by atoms with Gasteiger partial charge >= 0.3 is 0 Å². The van der Waals surface area contributed by atoms with Crippen molar-refractivity contribution in [3.05, 3.63) is 60.2 Å². The SMILES string of the molecule is COc1ccc(N(Cc2ccccc2)C(=O)CC(C)C2CCCNC2)cc1.Cl. The molecule has 0 radical (unpaired) electrons. The Morgan fingerprint density at radius 2 is 1.89 bits per heavy atom. The van der Waals surface area contributed by atoms with E-state index < -0.39 is 0 Å². The zero-order valence-electron chi connectivity index (χ0n) is 16.8. The van der Waals surface area contributed by atoms with Gasteiger partial charge in [0.15, 0.2) is 0 Å². The van der Waals surface area contributed by atoms with Crippen molar-refractivity contribution in [2.45, 2.75) is 32.7 Å². The summed E-state index contributed by atoms with van der Waals surface area (Å²) in [6.07, 6.45) is 2.99. The van der Waals surface area contributed by atoms with Crippen LogP contribution in [0.15, 0.2) is 54.6 Å². The maximum atomic E-state index is 13.2. The highest BCUT2D eigenvalue weighted by molar-refractivity contribution is 5.93. The van der Waals surface area contributed by atoms with Gasteiger partial charge in [-0.1, -0.05) is 37.3 Å². The van der Waals surface area contributed by atoms with Crippen molar-refractivity contribution in [1.82, 2.24) is 5.32 Å². The highest BCUT2D eigenvalue weighted by Gasteiger charge is 2.25. The number of nitrogens with zero attached hydrogens (tertiary/aromatic N) is 1.